The van der Waals surface area contributed by atoms with Gasteiger partial charge in [-0.25, -0.2) is 0 Å². The molecule has 140 valence electrons. The zero-order chi connectivity index (χ0) is 19.4. The standard InChI is InChI=1S/C20H20ClN3O3/c1-12-9-16(10-13(2)18(12)21)26-14(3)20(25)22-11-17-23-19(24-27-17)15-7-5-4-6-8-15/h4-10,14H,11H2,1-3H3,(H,22,25). The van der Waals surface area contributed by atoms with Crippen LogP contribution in [0.4, 0.5) is 0 Å². The molecule has 0 radical (unpaired) electrons. The summed E-state index contributed by atoms with van der Waals surface area (Å²) in [5, 5.41) is 7.36. The van der Waals surface area contributed by atoms with Crippen molar-refractivity contribution in [3.8, 4) is 17.1 Å². The first kappa shape index (κ1) is 18.9. The van der Waals surface area contributed by atoms with E-state index in [1.165, 1.54) is 0 Å². The lowest BCUT2D eigenvalue weighted by Gasteiger charge is -2.15. The fourth-order valence-electron chi connectivity index (χ4n) is 2.57. The minimum atomic E-state index is -0.679. The molecule has 1 amide bonds. The summed E-state index contributed by atoms with van der Waals surface area (Å²) >= 11 is 6.15. The summed E-state index contributed by atoms with van der Waals surface area (Å²) in [5.41, 5.74) is 2.65. The minimum Gasteiger partial charge on any atom is -0.481 e. The second-order valence-electron chi connectivity index (χ2n) is 6.23. The van der Waals surface area contributed by atoms with Crippen molar-refractivity contribution in [2.45, 2.75) is 33.4 Å². The number of aromatic nitrogens is 2. The minimum absolute atomic E-state index is 0.130. The van der Waals surface area contributed by atoms with E-state index in [1.807, 2.05) is 56.3 Å². The Bertz CT molecular complexity index is 918. The zero-order valence-corrected chi connectivity index (χ0v) is 16.1. The Labute approximate surface area is 162 Å². The predicted octanol–water partition coefficient (Wildman–Crippen LogP) is 4.09. The summed E-state index contributed by atoms with van der Waals surface area (Å²) in [6, 6.07) is 13.1. The molecule has 7 heteroatoms. The van der Waals surface area contributed by atoms with Crippen molar-refractivity contribution in [2.75, 3.05) is 0 Å². The molecule has 0 aliphatic carbocycles. The van der Waals surface area contributed by atoms with E-state index in [9.17, 15) is 4.79 Å². The van der Waals surface area contributed by atoms with Crippen molar-refractivity contribution in [3.05, 3.63) is 64.5 Å². The first-order chi connectivity index (χ1) is 12.9. The number of benzene rings is 2. The molecule has 2 aromatic carbocycles. The monoisotopic (exact) mass is 385 g/mol. The van der Waals surface area contributed by atoms with Gasteiger partial charge in [0.15, 0.2) is 6.10 Å². The molecule has 3 aromatic rings. The van der Waals surface area contributed by atoms with Crippen LogP contribution in [-0.2, 0) is 11.3 Å². The highest BCUT2D eigenvalue weighted by Gasteiger charge is 2.17. The van der Waals surface area contributed by atoms with Crippen LogP contribution in [0.2, 0.25) is 5.02 Å². The van der Waals surface area contributed by atoms with Crippen LogP contribution in [0.25, 0.3) is 11.4 Å². The van der Waals surface area contributed by atoms with Gasteiger partial charge in [0.25, 0.3) is 5.91 Å². The number of halogens is 1. The van der Waals surface area contributed by atoms with Crippen molar-refractivity contribution in [1.82, 2.24) is 15.5 Å². The Morgan fingerprint density at radius 1 is 1.22 bits per heavy atom. The van der Waals surface area contributed by atoms with Crippen LogP contribution in [0.5, 0.6) is 5.75 Å². The van der Waals surface area contributed by atoms with E-state index in [0.29, 0.717) is 22.5 Å². The molecule has 27 heavy (non-hydrogen) atoms. The normalized spacial score (nSPS) is 11.9. The quantitative estimate of drug-likeness (QED) is 0.691. The van der Waals surface area contributed by atoms with Crippen LogP contribution < -0.4 is 10.1 Å². The Morgan fingerprint density at radius 2 is 1.89 bits per heavy atom. The van der Waals surface area contributed by atoms with E-state index in [-0.39, 0.29) is 12.5 Å². The molecule has 0 saturated heterocycles. The molecular weight excluding hydrogens is 366 g/mol. The summed E-state index contributed by atoms with van der Waals surface area (Å²) in [6.45, 7) is 5.60. The average molecular weight is 386 g/mol. The van der Waals surface area contributed by atoms with E-state index in [1.54, 1.807) is 6.92 Å². The number of hydrogen-bond donors (Lipinski definition) is 1. The van der Waals surface area contributed by atoms with Crippen molar-refractivity contribution in [2.24, 2.45) is 0 Å². The maximum absolute atomic E-state index is 12.3. The highest BCUT2D eigenvalue weighted by atomic mass is 35.5. The molecule has 6 nitrogen and oxygen atoms in total. The fraction of sp³-hybridized carbons (Fsp3) is 0.250. The molecule has 1 heterocycles. The van der Waals surface area contributed by atoms with E-state index >= 15 is 0 Å². The molecule has 3 rings (SSSR count). The van der Waals surface area contributed by atoms with Gasteiger partial charge < -0.3 is 14.6 Å². The summed E-state index contributed by atoms with van der Waals surface area (Å²) in [4.78, 5) is 16.6. The Balaban J connectivity index is 1.57. The molecule has 1 unspecified atom stereocenters. The molecule has 1 aromatic heterocycles. The van der Waals surface area contributed by atoms with Gasteiger partial charge in [0, 0.05) is 10.6 Å². The first-order valence-electron chi connectivity index (χ1n) is 8.53. The van der Waals surface area contributed by atoms with Crippen LogP contribution in [0, 0.1) is 13.8 Å². The fourth-order valence-corrected chi connectivity index (χ4v) is 2.68. The highest BCUT2D eigenvalue weighted by Crippen LogP contribution is 2.26. The molecular formula is C20H20ClN3O3. The molecule has 0 fully saturated rings. The first-order valence-corrected chi connectivity index (χ1v) is 8.91. The molecule has 0 spiro atoms. The number of amides is 1. The number of nitrogens with zero attached hydrogens (tertiary/aromatic N) is 2. The molecule has 0 saturated carbocycles. The van der Waals surface area contributed by atoms with Gasteiger partial charge in [-0.3, -0.25) is 4.79 Å². The van der Waals surface area contributed by atoms with Crippen LogP contribution in [0.1, 0.15) is 23.9 Å². The lowest BCUT2D eigenvalue weighted by Crippen LogP contribution is -2.36. The number of ether oxygens (including phenoxy) is 1. The third kappa shape index (κ3) is 4.65. The lowest BCUT2D eigenvalue weighted by molar-refractivity contribution is -0.127. The second kappa shape index (κ2) is 8.22. The third-order valence-electron chi connectivity index (χ3n) is 4.01. The smallest absolute Gasteiger partial charge is 0.261 e. The van der Waals surface area contributed by atoms with Gasteiger partial charge in [-0.15, -0.1) is 0 Å². The molecule has 1 N–H and O–H groups in total. The average Bonchev–Trinajstić information content (AvgIpc) is 3.14. The Hall–Kier alpha value is -2.86. The van der Waals surface area contributed by atoms with E-state index < -0.39 is 6.10 Å². The maximum Gasteiger partial charge on any atom is 0.261 e. The molecule has 1 atom stereocenters. The van der Waals surface area contributed by atoms with Crippen molar-refractivity contribution < 1.29 is 14.1 Å². The Kier molecular flexibility index (Phi) is 5.76. The molecule has 0 bridgehead atoms. The number of carbonyl (C=O) groups excluding carboxylic acids is 1. The number of aryl methyl sites for hydroxylation is 2. The lowest BCUT2D eigenvalue weighted by atomic mass is 10.1. The SMILES string of the molecule is Cc1cc(OC(C)C(=O)NCc2nc(-c3ccccc3)no2)cc(C)c1Cl. The maximum atomic E-state index is 12.3. The number of hydrogen-bond acceptors (Lipinski definition) is 5. The van der Waals surface area contributed by atoms with Gasteiger partial charge in [-0.2, -0.15) is 4.98 Å². The van der Waals surface area contributed by atoms with Crippen LogP contribution in [0.15, 0.2) is 47.0 Å². The summed E-state index contributed by atoms with van der Waals surface area (Å²) < 4.78 is 10.9. The number of carbonyl (C=O) groups is 1. The van der Waals surface area contributed by atoms with Gasteiger partial charge in [0.2, 0.25) is 11.7 Å². The van der Waals surface area contributed by atoms with Crippen LogP contribution >= 0.6 is 11.6 Å². The highest BCUT2D eigenvalue weighted by molar-refractivity contribution is 6.32. The molecule has 0 aliphatic rings. The van der Waals surface area contributed by atoms with Gasteiger partial charge in [0.05, 0.1) is 6.54 Å². The number of rotatable bonds is 6. The summed E-state index contributed by atoms with van der Waals surface area (Å²) in [7, 11) is 0. The van der Waals surface area contributed by atoms with E-state index in [2.05, 4.69) is 15.5 Å². The van der Waals surface area contributed by atoms with Crippen molar-refractivity contribution >= 4 is 17.5 Å². The predicted molar refractivity (Wildman–Crippen MR) is 103 cm³/mol. The second-order valence-corrected chi connectivity index (χ2v) is 6.60. The van der Waals surface area contributed by atoms with Gasteiger partial charge >= 0.3 is 0 Å². The van der Waals surface area contributed by atoms with Crippen LogP contribution in [-0.4, -0.2) is 22.2 Å². The van der Waals surface area contributed by atoms with Crippen molar-refractivity contribution in [3.63, 3.8) is 0 Å². The van der Waals surface area contributed by atoms with E-state index in [4.69, 9.17) is 20.9 Å². The van der Waals surface area contributed by atoms with Crippen molar-refractivity contribution in [1.29, 1.82) is 0 Å². The van der Waals surface area contributed by atoms with Gasteiger partial charge in [-0.1, -0.05) is 47.1 Å². The van der Waals surface area contributed by atoms with Gasteiger partial charge in [-0.05, 0) is 44.0 Å². The molecule has 0 aliphatic heterocycles. The third-order valence-corrected chi connectivity index (χ3v) is 4.60. The van der Waals surface area contributed by atoms with Crippen LogP contribution in [0.3, 0.4) is 0 Å². The largest absolute Gasteiger partial charge is 0.481 e. The van der Waals surface area contributed by atoms with Gasteiger partial charge in [0.1, 0.15) is 5.75 Å². The summed E-state index contributed by atoms with van der Waals surface area (Å²) in [5.74, 6) is 1.13. The Morgan fingerprint density at radius 3 is 2.56 bits per heavy atom. The number of nitrogens with one attached hydrogen (secondary N) is 1. The summed E-state index contributed by atoms with van der Waals surface area (Å²) in [6.07, 6.45) is -0.679. The zero-order valence-electron chi connectivity index (χ0n) is 15.3. The topological polar surface area (TPSA) is 77.2 Å². The van der Waals surface area contributed by atoms with E-state index in [0.717, 1.165) is 16.7 Å².